The van der Waals surface area contributed by atoms with Gasteiger partial charge >= 0.3 is 0 Å². The zero-order valence-corrected chi connectivity index (χ0v) is 15.8. The fourth-order valence-electron chi connectivity index (χ4n) is 3.14. The topological polar surface area (TPSA) is 61.9 Å². The zero-order chi connectivity index (χ0) is 18.6. The van der Waals surface area contributed by atoms with Gasteiger partial charge in [-0.25, -0.2) is 0 Å². The Bertz CT molecular complexity index is 618. The molecule has 138 valence electrons. The summed E-state index contributed by atoms with van der Waals surface area (Å²) in [6.07, 6.45) is -0.103. The van der Waals surface area contributed by atoms with Gasteiger partial charge in [0.25, 0.3) is 0 Å². The van der Waals surface area contributed by atoms with Gasteiger partial charge in [-0.3, -0.25) is 9.59 Å². The van der Waals surface area contributed by atoms with Crippen molar-refractivity contribution >= 4 is 17.5 Å². The molecule has 1 heterocycles. The van der Waals surface area contributed by atoms with Crippen LogP contribution >= 0.6 is 0 Å². The van der Waals surface area contributed by atoms with Crippen molar-refractivity contribution in [3.05, 3.63) is 24.3 Å². The van der Waals surface area contributed by atoms with Crippen molar-refractivity contribution in [2.24, 2.45) is 5.92 Å². The molecule has 25 heavy (non-hydrogen) atoms. The highest BCUT2D eigenvalue weighted by atomic mass is 16.5. The summed E-state index contributed by atoms with van der Waals surface area (Å²) in [7, 11) is 1.76. The average molecular weight is 347 g/mol. The van der Waals surface area contributed by atoms with Gasteiger partial charge in [0.2, 0.25) is 11.8 Å². The number of para-hydroxylation sites is 2. The first-order chi connectivity index (χ1) is 11.8. The fourth-order valence-corrected chi connectivity index (χ4v) is 3.14. The molecule has 2 atom stereocenters. The zero-order valence-electron chi connectivity index (χ0n) is 15.8. The molecule has 6 heteroatoms. The molecule has 0 aromatic heterocycles. The second-order valence-corrected chi connectivity index (χ2v) is 6.89. The molecule has 1 aliphatic heterocycles. The largest absolute Gasteiger partial charge is 0.485 e. The molecule has 0 bridgehead atoms. The Balaban J connectivity index is 2.06. The molecule has 0 radical (unpaired) electrons. The van der Waals surface area contributed by atoms with Crippen molar-refractivity contribution in [3.8, 4) is 5.75 Å². The quantitative estimate of drug-likeness (QED) is 0.854. The highest BCUT2D eigenvalue weighted by Gasteiger charge is 2.30. The van der Waals surface area contributed by atoms with E-state index in [1.807, 2.05) is 32.0 Å². The molecule has 0 spiro atoms. The van der Waals surface area contributed by atoms with E-state index in [1.165, 1.54) is 6.92 Å². The Morgan fingerprint density at radius 2 is 2.04 bits per heavy atom. The standard InChI is InChI=1S/C19H29N3O3/c1-6-22-12-15(25-17-10-8-7-9-16(17)22)11-21(5)19(24)18(13(2)3)20-14(4)23/h7-10,13,15,18H,6,11-12H2,1-5H3,(H,20,23)/t15-,18-/m1/s1. The highest BCUT2D eigenvalue weighted by molar-refractivity contribution is 5.87. The van der Waals surface area contributed by atoms with Crippen molar-refractivity contribution in [3.63, 3.8) is 0 Å². The van der Waals surface area contributed by atoms with Crippen LogP contribution in [0.25, 0.3) is 0 Å². The minimum absolute atomic E-state index is 0.0268. The lowest BCUT2D eigenvalue weighted by Gasteiger charge is -2.37. The Labute approximate surface area is 150 Å². The van der Waals surface area contributed by atoms with E-state index < -0.39 is 6.04 Å². The molecular weight excluding hydrogens is 318 g/mol. The Morgan fingerprint density at radius 1 is 1.36 bits per heavy atom. The fraction of sp³-hybridized carbons (Fsp3) is 0.579. The first-order valence-corrected chi connectivity index (χ1v) is 8.86. The van der Waals surface area contributed by atoms with Crippen molar-refractivity contribution < 1.29 is 14.3 Å². The number of carbonyl (C=O) groups excluding carboxylic acids is 2. The van der Waals surface area contributed by atoms with E-state index in [4.69, 9.17) is 4.74 Å². The normalized spacial score (nSPS) is 17.5. The number of anilines is 1. The summed E-state index contributed by atoms with van der Waals surface area (Å²) < 4.78 is 6.08. The van der Waals surface area contributed by atoms with Gasteiger partial charge in [0, 0.05) is 20.5 Å². The molecular formula is C19H29N3O3. The van der Waals surface area contributed by atoms with Crippen molar-refractivity contribution in [2.75, 3.05) is 31.6 Å². The summed E-state index contributed by atoms with van der Waals surface area (Å²) in [6.45, 7) is 9.50. The number of nitrogens with one attached hydrogen (secondary N) is 1. The van der Waals surface area contributed by atoms with Gasteiger partial charge in [-0.2, -0.15) is 0 Å². The number of nitrogens with zero attached hydrogens (tertiary/aromatic N) is 2. The number of carbonyl (C=O) groups is 2. The summed E-state index contributed by atoms with van der Waals surface area (Å²) in [5.74, 6) is 0.596. The van der Waals surface area contributed by atoms with E-state index in [1.54, 1.807) is 11.9 Å². The maximum absolute atomic E-state index is 12.7. The number of hydrogen-bond acceptors (Lipinski definition) is 4. The van der Waals surface area contributed by atoms with Crippen LogP contribution in [0.3, 0.4) is 0 Å². The number of likely N-dealkylation sites (N-methyl/N-ethyl adjacent to an activating group) is 2. The summed E-state index contributed by atoms with van der Waals surface area (Å²) in [5, 5.41) is 2.75. The molecule has 6 nitrogen and oxygen atoms in total. The van der Waals surface area contributed by atoms with Crippen molar-refractivity contribution in [2.45, 2.75) is 39.8 Å². The molecule has 0 saturated carbocycles. The Morgan fingerprint density at radius 3 is 2.64 bits per heavy atom. The van der Waals surface area contributed by atoms with Crippen LogP contribution < -0.4 is 15.0 Å². The van der Waals surface area contributed by atoms with E-state index in [0.717, 1.165) is 24.5 Å². The first kappa shape index (κ1) is 19.1. The van der Waals surface area contributed by atoms with E-state index >= 15 is 0 Å². The predicted octanol–water partition coefficient (Wildman–Crippen LogP) is 1.89. The van der Waals surface area contributed by atoms with Gasteiger partial charge in [0.1, 0.15) is 17.9 Å². The van der Waals surface area contributed by atoms with E-state index in [9.17, 15) is 9.59 Å². The van der Waals surface area contributed by atoms with Crippen LogP contribution in [0.2, 0.25) is 0 Å². The number of amides is 2. The van der Waals surface area contributed by atoms with Gasteiger partial charge < -0.3 is 19.9 Å². The maximum atomic E-state index is 12.7. The van der Waals surface area contributed by atoms with Crippen LogP contribution in [0.15, 0.2) is 24.3 Å². The summed E-state index contributed by atoms with van der Waals surface area (Å²) in [4.78, 5) is 28.0. The summed E-state index contributed by atoms with van der Waals surface area (Å²) in [6, 6.07) is 7.45. The van der Waals surface area contributed by atoms with Gasteiger partial charge in [-0.05, 0) is 25.0 Å². The minimum Gasteiger partial charge on any atom is -0.485 e. The van der Waals surface area contributed by atoms with Gasteiger partial charge in [0.05, 0.1) is 18.8 Å². The molecule has 0 fully saturated rings. The van der Waals surface area contributed by atoms with Gasteiger partial charge in [-0.1, -0.05) is 26.0 Å². The lowest BCUT2D eigenvalue weighted by atomic mass is 10.0. The summed E-state index contributed by atoms with van der Waals surface area (Å²) in [5.41, 5.74) is 1.09. The Kier molecular flexibility index (Phi) is 6.28. The van der Waals surface area contributed by atoms with E-state index in [2.05, 4.69) is 23.2 Å². The minimum atomic E-state index is -0.513. The molecule has 1 aromatic rings. The van der Waals surface area contributed by atoms with E-state index in [0.29, 0.717) is 6.54 Å². The second kappa shape index (κ2) is 8.23. The molecule has 0 saturated heterocycles. The second-order valence-electron chi connectivity index (χ2n) is 6.89. The third kappa shape index (κ3) is 4.65. The summed E-state index contributed by atoms with van der Waals surface area (Å²) >= 11 is 0. The molecule has 1 aromatic carbocycles. The Hall–Kier alpha value is -2.24. The van der Waals surface area contributed by atoms with Gasteiger partial charge in [-0.15, -0.1) is 0 Å². The molecule has 0 unspecified atom stereocenters. The van der Waals surface area contributed by atoms with Gasteiger partial charge in [0.15, 0.2) is 0 Å². The number of fused-ring (bicyclic) bond motifs is 1. The number of rotatable bonds is 6. The molecule has 2 rings (SSSR count). The van der Waals surface area contributed by atoms with Crippen molar-refractivity contribution in [1.29, 1.82) is 0 Å². The molecule has 1 aliphatic rings. The van der Waals surface area contributed by atoms with Crippen molar-refractivity contribution in [1.82, 2.24) is 10.2 Å². The molecule has 1 N–H and O–H groups in total. The van der Waals surface area contributed by atoms with Crippen LogP contribution in [-0.4, -0.2) is 55.5 Å². The average Bonchev–Trinajstić information content (AvgIpc) is 2.57. The van der Waals surface area contributed by atoms with Crippen LogP contribution in [0.5, 0.6) is 5.75 Å². The first-order valence-electron chi connectivity index (χ1n) is 8.86. The number of hydrogen-bond donors (Lipinski definition) is 1. The van der Waals surface area contributed by atoms with Crippen LogP contribution in [0.4, 0.5) is 5.69 Å². The van der Waals surface area contributed by atoms with E-state index in [-0.39, 0.29) is 23.8 Å². The number of ether oxygens (including phenoxy) is 1. The third-order valence-electron chi connectivity index (χ3n) is 4.45. The smallest absolute Gasteiger partial charge is 0.245 e. The molecule has 2 amide bonds. The number of benzene rings is 1. The van der Waals surface area contributed by atoms with Crippen LogP contribution in [-0.2, 0) is 9.59 Å². The third-order valence-corrected chi connectivity index (χ3v) is 4.45. The van der Waals surface area contributed by atoms with Crippen LogP contribution in [0, 0.1) is 5.92 Å². The molecule has 0 aliphatic carbocycles. The SMILES string of the molecule is CCN1C[C@@H](CN(C)C(=O)[C@H](NC(C)=O)C(C)C)Oc2ccccc21. The maximum Gasteiger partial charge on any atom is 0.245 e. The lowest BCUT2D eigenvalue weighted by molar-refractivity contribution is -0.137. The predicted molar refractivity (Wildman–Crippen MR) is 98.8 cm³/mol. The monoisotopic (exact) mass is 347 g/mol. The lowest BCUT2D eigenvalue weighted by Crippen LogP contribution is -2.53. The van der Waals surface area contributed by atoms with Crippen LogP contribution in [0.1, 0.15) is 27.7 Å². The highest BCUT2D eigenvalue weighted by Crippen LogP contribution is 2.32.